The molecule has 1 aliphatic carbocycles. The normalized spacial score (nSPS) is 24.3. The minimum absolute atomic E-state index is 0.147. The number of nitrogens with one attached hydrogen (secondary N) is 1. The monoisotopic (exact) mass is 243 g/mol. The number of carbonyl (C=O) groups excluding carboxylic acids is 1. The van der Waals surface area contributed by atoms with Crippen molar-refractivity contribution in [3.63, 3.8) is 0 Å². The van der Waals surface area contributed by atoms with Crippen molar-refractivity contribution in [2.45, 2.75) is 32.6 Å². The van der Waals surface area contributed by atoms with E-state index >= 15 is 0 Å². The molecular formula is C14H17N3O. The number of carbonyl (C=O) groups is 1. The third-order valence-electron chi connectivity index (χ3n) is 3.97. The van der Waals surface area contributed by atoms with Crippen LogP contribution in [0.15, 0.2) is 18.6 Å². The zero-order valence-electron chi connectivity index (χ0n) is 10.5. The fourth-order valence-electron chi connectivity index (χ4n) is 2.78. The molecule has 94 valence electrons. The summed E-state index contributed by atoms with van der Waals surface area (Å²) in [6, 6.07) is 1.88. The predicted molar refractivity (Wildman–Crippen MR) is 69.3 cm³/mol. The Morgan fingerprint density at radius 3 is 2.83 bits per heavy atom. The van der Waals surface area contributed by atoms with Crippen LogP contribution in [-0.4, -0.2) is 20.7 Å². The molecule has 0 amide bonds. The average Bonchev–Trinajstić information content (AvgIpc) is 2.87. The van der Waals surface area contributed by atoms with Crippen LogP contribution in [0.3, 0.4) is 0 Å². The maximum absolute atomic E-state index is 12.5. The van der Waals surface area contributed by atoms with Crippen LogP contribution in [-0.2, 0) is 0 Å². The van der Waals surface area contributed by atoms with E-state index in [0.717, 1.165) is 42.6 Å². The summed E-state index contributed by atoms with van der Waals surface area (Å²) in [5, 5.41) is 0.848. The van der Waals surface area contributed by atoms with Gasteiger partial charge in [0.2, 0.25) is 0 Å². The molecule has 4 heteroatoms. The molecule has 1 fully saturated rings. The Morgan fingerprint density at radius 2 is 2.06 bits per heavy atom. The highest BCUT2D eigenvalue weighted by Gasteiger charge is 2.27. The maximum atomic E-state index is 12.5. The second-order valence-corrected chi connectivity index (χ2v) is 5.28. The molecule has 0 aliphatic heterocycles. The minimum Gasteiger partial charge on any atom is -0.346 e. The molecule has 0 saturated heterocycles. The standard InChI is InChI=1S/C14H17N3O/c1-9-2-4-10(5-3-9)13(18)12-11-6-7-15-14(11)17-8-16-12/h6-10H,2-5H2,1H3,(H,15,16,17). The highest BCUT2D eigenvalue weighted by molar-refractivity contribution is 6.05. The molecule has 0 unspecified atom stereocenters. The summed E-state index contributed by atoms with van der Waals surface area (Å²) in [6.07, 6.45) is 7.57. The van der Waals surface area contributed by atoms with Crippen LogP contribution in [0.5, 0.6) is 0 Å². The van der Waals surface area contributed by atoms with Gasteiger partial charge in [-0.3, -0.25) is 4.79 Å². The number of H-pyrrole nitrogens is 1. The molecule has 2 aromatic rings. The van der Waals surface area contributed by atoms with Crippen LogP contribution in [0.2, 0.25) is 0 Å². The Hall–Kier alpha value is -1.71. The number of aromatic nitrogens is 3. The first kappa shape index (κ1) is 11.4. The summed E-state index contributed by atoms with van der Waals surface area (Å²) in [7, 11) is 0. The summed E-state index contributed by atoms with van der Waals surface area (Å²) in [6.45, 7) is 2.26. The van der Waals surface area contributed by atoms with Crippen LogP contribution in [0.25, 0.3) is 11.0 Å². The van der Waals surface area contributed by atoms with E-state index in [1.165, 1.54) is 6.33 Å². The highest BCUT2D eigenvalue weighted by atomic mass is 16.1. The first-order valence-electron chi connectivity index (χ1n) is 6.58. The third kappa shape index (κ3) is 1.92. The van der Waals surface area contributed by atoms with Gasteiger partial charge >= 0.3 is 0 Å². The lowest BCUT2D eigenvalue weighted by Crippen LogP contribution is -2.22. The van der Waals surface area contributed by atoms with Crippen molar-refractivity contribution in [3.8, 4) is 0 Å². The lowest BCUT2D eigenvalue weighted by molar-refractivity contribution is 0.0872. The van der Waals surface area contributed by atoms with Gasteiger partial charge in [0.15, 0.2) is 5.78 Å². The molecule has 18 heavy (non-hydrogen) atoms. The van der Waals surface area contributed by atoms with Gasteiger partial charge < -0.3 is 4.98 Å². The van der Waals surface area contributed by atoms with Gasteiger partial charge in [0.05, 0.1) is 0 Å². The summed E-state index contributed by atoms with van der Waals surface area (Å²) >= 11 is 0. The molecule has 0 bridgehead atoms. The van der Waals surface area contributed by atoms with E-state index in [9.17, 15) is 4.79 Å². The Bertz CT molecular complexity index is 567. The second kappa shape index (κ2) is 4.52. The quantitative estimate of drug-likeness (QED) is 0.825. The van der Waals surface area contributed by atoms with Gasteiger partial charge in [0.1, 0.15) is 17.7 Å². The van der Waals surface area contributed by atoms with E-state index in [1.807, 2.05) is 6.07 Å². The number of rotatable bonds is 2. The molecule has 0 radical (unpaired) electrons. The number of hydrogen-bond donors (Lipinski definition) is 1. The van der Waals surface area contributed by atoms with E-state index in [2.05, 4.69) is 21.9 Å². The van der Waals surface area contributed by atoms with Crippen molar-refractivity contribution in [1.29, 1.82) is 0 Å². The number of ketones is 1. The first-order valence-corrected chi connectivity index (χ1v) is 6.58. The van der Waals surface area contributed by atoms with Crippen molar-refractivity contribution in [2.24, 2.45) is 11.8 Å². The van der Waals surface area contributed by atoms with Crippen LogP contribution in [0, 0.1) is 11.8 Å². The number of hydrogen-bond acceptors (Lipinski definition) is 3. The van der Waals surface area contributed by atoms with E-state index in [1.54, 1.807) is 6.20 Å². The number of nitrogens with zero attached hydrogens (tertiary/aromatic N) is 2. The second-order valence-electron chi connectivity index (χ2n) is 5.28. The molecular weight excluding hydrogens is 226 g/mol. The van der Waals surface area contributed by atoms with Gasteiger partial charge in [0.25, 0.3) is 0 Å². The Balaban J connectivity index is 1.90. The molecule has 1 saturated carbocycles. The van der Waals surface area contributed by atoms with Crippen molar-refractivity contribution < 1.29 is 4.79 Å². The van der Waals surface area contributed by atoms with Gasteiger partial charge in [-0.1, -0.05) is 19.8 Å². The van der Waals surface area contributed by atoms with E-state index in [4.69, 9.17) is 0 Å². The largest absolute Gasteiger partial charge is 0.346 e. The van der Waals surface area contributed by atoms with Gasteiger partial charge in [0, 0.05) is 17.5 Å². The zero-order valence-corrected chi connectivity index (χ0v) is 10.5. The third-order valence-corrected chi connectivity index (χ3v) is 3.97. The summed E-state index contributed by atoms with van der Waals surface area (Å²) < 4.78 is 0. The summed E-state index contributed by atoms with van der Waals surface area (Å²) in [5.41, 5.74) is 1.33. The van der Waals surface area contributed by atoms with Crippen molar-refractivity contribution in [1.82, 2.24) is 15.0 Å². The smallest absolute Gasteiger partial charge is 0.185 e. The Labute approximate surface area is 106 Å². The Kier molecular flexibility index (Phi) is 2.86. The van der Waals surface area contributed by atoms with Gasteiger partial charge in [-0.25, -0.2) is 9.97 Å². The van der Waals surface area contributed by atoms with Crippen molar-refractivity contribution >= 4 is 16.8 Å². The molecule has 4 nitrogen and oxygen atoms in total. The molecule has 0 aromatic carbocycles. The molecule has 1 aliphatic rings. The fourth-order valence-corrected chi connectivity index (χ4v) is 2.78. The fraction of sp³-hybridized carbons (Fsp3) is 0.500. The maximum Gasteiger partial charge on any atom is 0.185 e. The Morgan fingerprint density at radius 1 is 1.28 bits per heavy atom. The minimum atomic E-state index is 0.147. The lowest BCUT2D eigenvalue weighted by Gasteiger charge is -2.24. The van der Waals surface area contributed by atoms with Crippen molar-refractivity contribution in [2.75, 3.05) is 0 Å². The summed E-state index contributed by atoms with van der Waals surface area (Å²) in [5.74, 6) is 1.09. The van der Waals surface area contributed by atoms with E-state index in [-0.39, 0.29) is 11.7 Å². The first-order chi connectivity index (χ1) is 8.75. The highest BCUT2D eigenvalue weighted by Crippen LogP contribution is 2.31. The summed E-state index contributed by atoms with van der Waals surface area (Å²) in [4.78, 5) is 23.9. The molecule has 0 spiro atoms. The zero-order chi connectivity index (χ0) is 12.5. The predicted octanol–water partition coefficient (Wildman–Crippen LogP) is 2.97. The van der Waals surface area contributed by atoms with Crippen LogP contribution >= 0.6 is 0 Å². The lowest BCUT2D eigenvalue weighted by atomic mass is 9.80. The van der Waals surface area contributed by atoms with Crippen LogP contribution in [0.4, 0.5) is 0 Å². The molecule has 0 atom stereocenters. The number of aromatic amines is 1. The molecule has 3 rings (SSSR count). The van der Waals surface area contributed by atoms with Gasteiger partial charge in [-0.2, -0.15) is 0 Å². The molecule has 1 N–H and O–H groups in total. The van der Waals surface area contributed by atoms with Crippen LogP contribution in [0.1, 0.15) is 43.1 Å². The van der Waals surface area contributed by atoms with Crippen LogP contribution < -0.4 is 0 Å². The van der Waals surface area contributed by atoms with Gasteiger partial charge in [-0.15, -0.1) is 0 Å². The van der Waals surface area contributed by atoms with E-state index < -0.39 is 0 Å². The topological polar surface area (TPSA) is 58.6 Å². The number of Topliss-reactive ketones (excluding diaryl/α,β-unsaturated/α-hetero) is 1. The van der Waals surface area contributed by atoms with Gasteiger partial charge in [-0.05, 0) is 24.8 Å². The van der Waals surface area contributed by atoms with E-state index in [0.29, 0.717) is 5.69 Å². The van der Waals surface area contributed by atoms with Crippen molar-refractivity contribution in [3.05, 3.63) is 24.3 Å². The number of fused-ring (bicyclic) bond motifs is 1. The molecule has 2 aromatic heterocycles. The SMILES string of the molecule is CC1CCC(C(=O)c2ncnc3[nH]ccc23)CC1. The molecule has 2 heterocycles. The average molecular weight is 243 g/mol.